The zero-order chi connectivity index (χ0) is 31.7. The molecule has 2 atom stereocenters. The largest absolute Gasteiger partial charge is 0.497 e. The highest BCUT2D eigenvalue weighted by molar-refractivity contribution is 7.92. The summed E-state index contributed by atoms with van der Waals surface area (Å²) in [6, 6.07) is 16.3. The van der Waals surface area contributed by atoms with Gasteiger partial charge in [0.25, 0.3) is 10.0 Å². The number of methoxy groups -OCH3 is 2. The Morgan fingerprint density at radius 3 is 2.16 bits per heavy atom. The van der Waals surface area contributed by atoms with E-state index in [0.717, 1.165) is 4.31 Å². The summed E-state index contributed by atoms with van der Waals surface area (Å²) in [5.74, 6) is -0.206. The average Bonchev–Trinajstić information content (AvgIpc) is 3.01. The average molecular weight is 651 g/mol. The smallest absolute Gasteiger partial charge is 0.264 e. The lowest BCUT2D eigenvalue weighted by Crippen LogP contribution is -2.53. The standard InChI is InChI=1S/C31H37Cl2N3O6S/c1-6-21(3)34-31(38)27(7-2)35(19-22-12-17-25(32)26(33)18-22)30(37)20-36(28-10-8-9-11-29(28)42-5)43(39,40)24-15-13-23(41-4)14-16-24/h8-18,21,27H,6-7,19-20H2,1-5H3,(H,34,38)/t21-,27+/m0/s1. The van der Waals surface area contributed by atoms with E-state index in [9.17, 15) is 18.0 Å². The molecular weight excluding hydrogens is 613 g/mol. The van der Waals surface area contributed by atoms with Crippen LogP contribution in [0.4, 0.5) is 5.69 Å². The second-order valence-electron chi connectivity index (χ2n) is 9.87. The van der Waals surface area contributed by atoms with Gasteiger partial charge in [-0.05, 0) is 73.9 Å². The van der Waals surface area contributed by atoms with E-state index in [1.165, 1.54) is 43.4 Å². The van der Waals surface area contributed by atoms with Gasteiger partial charge < -0.3 is 19.7 Å². The van der Waals surface area contributed by atoms with E-state index in [4.69, 9.17) is 32.7 Å². The topological polar surface area (TPSA) is 105 Å². The van der Waals surface area contributed by atoms with Crippen LogP contribution in [-0.4, -0.2) is 58.0 Å². The molecule has 3 aromatic rings. The van der Waals surface area contributed by atoms with Crippen LogP contribution in [0, 0.1) is 0 Å². The Morgan fingerprint density at radius 2 is 1.58 bits per heavy atom. The molecule has 2 amide bonds. The Morgan fingerprint density at radius 1 is 0.907 bits per heavy atom. The molecule has 9 nitrogen and oxygen atoms in total. The molecule has 0 unspecified atom stereocenters. The van der Waals surface area contributed by atoms with E-state index < -0.39 is 28.5 Å². The lowest BCUT2D eigenvalue weighted by Gasteiger charge is -2.34. The maximum Gasteiger partial charge on any atom is 0.264 e. The van der Waals surface area contributed by atoms with Crippen LogP contribution >= 0.6 is 23.2 Å². The molecule has 3 aromatic carbocycles. The van der Waals surface area contributed by atoms with E-state index in [-0.39, 0.29) is 41.2 Å². The van der Waals surface area contributed by atoms with Gasteiger partial charge >= 0.3 is 0 Å². The highest BCUT2D eigenvalue weighted by Gasteiger charge is 2.35. The van der Waals surface area contributed by atoms with Crippen molar-refractivity contribution in [1.29, 1.82) is 0 Å². The quantitative estimate of drug-likeness (QED) is 0.232. The lowest BCUT2D eigenvalue weighted by molar-refractivity contribution is -0.140. The molecule has 0 heterocycles. The van der Waals surface area contributed by atoms with Crippen molar-refractivity contribution in [3.63, 3.8) is 0 Å². The summed E-state index contributed by atoms with van der Waals surface area (Å²) < 4.78 is 39.9. The number of halogens is 2. The second-order valence-corrected chi connectivity index (χ2v) is 12.5. The number of amides is 2. The van der Waals surface area contributed by atoms with Crippen LogP contribution < -0.4 is 19.1 Å². The molecule has 43 heavy (non-hydrogen) atoms. The van der Waals surface area contributed by atoms with Crippen molar-refractivity contribution in [2.24, 2.45) is 0 Å². The number of ether oxygens (including phenoxy) is 2. The highest BCUT2D eigenvalue weighted by atomic mass is 35.5. The highest BCUT2D eigenvalue weighted by Crippen LogP contribution is 2.33. The van der Waals surface area contributed by atoms with Crippen LogP contribution in [0.25, 0.3) is 0 Å². The van der Waals surface area contributed by atoms with Crippen molar-refractivity contribution < 1.29 is 27.5 Å². The number of rotatable bonds is 14. The number of hydrogen-bond acceptors (Lipinski definition) is 6. The van der Waals surface area contributed by atoms with Crippen LogP contribution in [-0.2, 0) is 26.2 Å². The third-order valence-electron chi connectivity index (χ3n) is 7.00. The summed E-state index contributed by atoms with van der Waals surface area (Å²) in [6.07, 6.45) is 0.986. The van der Waals surface area contributed by atoms with E-state index in [0.29, 0.717) is 27.8 Å². The SMILES string of the molecule is CC[C@H](C(=O)N[C@@H](C)CC)N(Cc1ccc(Cl)c(Cl)c1)C(=O)CN(c1ccccc1OC)S(=O)(=O)c1ccc(OC)cc1. The van der Waals surface area contributed by atoms with Crippen LogP contribution in [0.1, 0.15) is 39.2 Å². The predicted octanol–water partition coefficient (Wildman–Crippen LogP) is 5.93. The van der Waals surface area contributed by atoms with Gasteiger partial charge in [0.2, 0.25) is 11.8 Å². The van der Waals surface area contributed by atoms with Gasteiger partial charge in [0.05, 0.1) is 34.8 Å². The fraction of sp³-hybridized carbons (Fsp3) is 0.355. The Bertz CT molecular complexity index is 1520. The summed E-state index contributed by atoms with van der Waals surface area (Å²) in [5.41, 5.74) is 0.792. The number of carbonyl (C=O) groups is 2. The van der Waals surface area contributed by atoms with Crippen molar-refractivity contribution in [2.45, 2.75) is 57.1 Å². The molecule has 1 N–H and O–H groups in total. The molecule has 0 bridgehead atoms. The fourth-order valence-electron chi connectivity index (χ4n) is 4.42. The van der Waals surface area contributed by atoms with Crippen molar-refractivity contribution >= 4 is 50.7 Å². The molecule has 0 aromatic heterocycles. The van der Waals surface area contributed by atoms with Crippen LogP contribution in [0.2, 0.25) is 10.0 Å². The maximum atomic E-state index is 14.2. The van der Waals surface area contributed by atoms with Crippen molar-refractivity contribution in [2.75, 3.05) is 25.1 Å². The minimum absolute atomic E-state index is 0.00942. The van der Waals surface area contributed by atoms with Crippen molar-refractivity contribution in [3.8, 4) is 11.5 Å². The monoisotopic (exact) mass is 649 g/mol. The first-order valence-corrected chi connectivity index (χ1v) is 16.0. The molecule has 0 spiro atoms. The van der Waals surface area contributed by atoms with Gasteiger partial charge in [-0.2, -0.15) is 0 Å². The number of para-hydroxylation sites is 2. The molecule has 12 heteroatoms. The van der Waals surface area contributed by atoms with Gasteiger partial charge in [0, 0.05) is 12.6 Å². The van der Waals surface area contributed by atoms with Gasteiger partial charge in [-0.15, -0.1) is 0 Å². The van der Waals surface area contributed by atoms with Gasteiger partial charge in [-0.1, -0.05) is 55.2 Å². The molecule has 0 radical (unpaired) electrons. The number of hydrogen-bond donors (Lipinski definition) is 1. The minimum atomic E-state index is -4.29. The summed E-state index contributed by atoms with van der Waals surface area (Å²) in [4.78, 5) is 29.0. The Balaban J connectivity index is 2.11. The van der Waals surface area contributed by atoms with Crippen LogP contribution in [0.5, 0.6) is 11.5 Å². The van der Waals surface area contributed by atoms with E-state index in [1.54, 1.807) is 49.4 Å². The summed E-state index contributed by atoms with van der Waals surface area (Å²) in [7, 11) is -1.39. The first kappa shape index (κ1) is 34.0. The normalized spacial score (nSPS) is 12.6. The molecular formula is C31H37Cl2N3O6S. The number of nitrogens with zero attached hydrogens (tertiary/aromatic N) is 2. The molecule has 0 saturated heterocycles. The van der Waals surface area contributed by atoms with Gasteiger partial charge in [-0.25, -0.2) is 8.42 Å². The Hall–Kier alpha value is -3.47. The maximum absolute atomic E-state index is 14.2. The first-order valence-electron chi connectivity index (χ1n) is 13.8. The molecule has 0 aliphatic heterocycles. The first-order chi connectivity index (χ1) is 20.5. The molecule has 0 aliphatic carbocycles. The number of sulfonamides is 1. The summed E-state index contributed by atoms with van der Waals surface area (Å²) >= 11 is 12.4. The second kappa shape index (κ2) is 15.3. The lowest BCUT2D eigenvalue weighted by atomic mass is 10.1. The molecule has 0 saturated carbocycles. The number of anilines is 1. The van der Waals surface area contributed by atoms with Crippen molar-refractivity contribution in [3.05, 3.63) is 82.3 Å². The van der Waals surface area contributed by atoms with Crippen molar-refractivity contribution in [1.82, 2.24) is 10.2 Å². The minimum Gasteiger partial charge on any atom is -0.497 e. The van der Waals surface area contributed by atoms with Gasteiger partial charge in [-0.3, -0.25) is 13.9 Å². The number of carbonyl (C=O) groups excluding carboxylic acids is 2. The third kappa shape index (κ3) is 8.34. The summed E-state index contributed by atoms with van der Waals surface area (Å²) in [6.45, 7) is 5.00. The molecule has 0 fully saturated rings. The zero-order valence-electron chi connectivity index (χ0n) is 24.8. The van der Waals surface area contributed by atoms with Gasteiger partial charge in [0.15, 0.2) is 0 Å². The predicted molar refractivity (Wildman–Crippen MR) is 170 cm³/mol. The Kier molecular flexibility index (Phi) is 12.1. The van der Waals surface area contributed by atoms with Crippen LogP contribution in [0.15, 0.2) is 71.6 Å². The van der Waals surface area contributed by atoms with E-state index in [1.807, 2.05) is 13.8 Å². The zero-order valence-corrected chi connectivity index (χ0v) is 27.2. The van der Waals surface area contributed by atoms with E-state index >= 15 is 0 Å². The fourth-order valence-corrected chi connectivity index (χ4v) is 6.16. The molecule has 232 valence electrons. The van der Waals surface area contributed by atoms with Gasteiger partial charge in [0.1, 0.15) is 24.1 Å². The van der Waals surface area contributed by atoms with E-state index in [2.05, 4.69) is 5.32 Å². The number of nitrogens with one attached hydrogen (secondary N) is 1. The molecule has 0 aliphatic rings. The van der Waals surface area contributed by atoms with Crippen LogP contribution in [0.3, 0.4) is 0 Å². The Labute approximate surface area is 263 Å². The third-order valence-corrected chi connectivity index (χ3v) is 9.52. The summed E-state index contributed by atoms with van der Waals surface area (Å²) in [5, 5.41) is 3.59. The number of benzene rings is 3. The molecule has 3 rings (SSSR count).